The number of aromatic nitrogens is 3. The van der Waals surface area contributed by atoms with E-state index in [1.165, 1.54) is 12.8 Å². The third-order valence-corrected chi connectivity index (χ3v) is 3.48. The van der Waals surface area contributed by atoms with Crippen LogP contribution in [0.2, 0.25) is 0 Å². The zero-order valence-corrected chi connectivity index (χ0v) is 9.09. The summed E-state index contributed by atoms with van der Waals surface area (Å²) in [6.45, 7) is 3.06. The minimum absolute atomic E-state index is 0.353. The lowest BCUT2D eigenvalue weighted by Gasteiger charge is -2.16. The summed E-state index contributed by atoms with van der Waals surface area (Å²) >= 11 is 0. The SMILES string of the molecule is CCC1OCCC1c1nncn1C1CC1. The van der Waals surface area contributed by atoms with E-state index in [4.69, 9.17) is 4.74 Å². The van der Waals surface area contributed by atoms with Crippen LogP contribution >= 0.6 is 0 Å². The standard InChI is InChI=1S/C11H17N3O/c1-2-10-9(5-6-15-10)11-13-12-7-14(11)8-3-4-8/h7-10H,2-6H2,1H3. The lowest BCUT2D eigenvalue weighted by Crippen LogP contribution is -2.17. The van der Waals surface area contributed by atoms with Crippen molar-refractivity contribution >= 4 is 0 Å². The minimum atomic E-state index is 0.353. The van der Waals surface area contributed by atoms with E-state index in [9.17, 15) is 0 Å². The number of nitrogens with zero attached hydrogens (tertiary/aromatic N) is 3. The molecule has 0 radical (unpaired) electrons. The molecular formula is C11H17N3O. The van der Waals surface area contributed by atoms with Crippen LogP contribution < -0.4 is 0 Å². The van der Waals surface area contributed by atoms with Crippen molar-refractivity contribution in [2.45, 2.75) is 50.7 Å². The van der Waals surface area contributed by atoms with Gasteiger partial charge < -0.3 is 9.30 Å². The minimum Gasteiger partial charge on any atom is -0.377 e. The molecule has 1 aliphatic heterocycles. The molecule has 15 heavy (non-hydrogen) atoms. The summed E-state index contributed by atoms with van der Waals surface area (Å²) in [7, 11) is 0. The number of rotatable bonds is 3. The van der Waals surface area contributed by atoms with Crippen molar-refractivity contribution < 1.29 is 4.74 Å². The molecule has 3 rings (SSSR count). The van der Waals surface area contributed by atoms with Crippen LogP contribution in [-0.2, 0) is 4.74 Å². The van der Waals surface area contributed by atoms with Crippen molar-refractivity contribution in [1.29, 1.82) is 0 Å². The molecule has 1 saturated heterocycles. The quantitative estimate of drug-likeness (QED) is 0.760. The second kappa shape index (κ2) is 3.59. The summed E-state index contributed by atoms with van der Waals surface area (Å²) in [5.41, 5.74) is 0. The molecule has 2 fully saturated rings. The van der Waals surface area contributed by atoms with E-state index in [1.54, 1.807) is 0 Å². The summed E-state index contributed by atoms with van der Waals surface area (Å²) in [5, 5.41) is 8.34. The summed E-state index contributed by atoms with van der Waals surface area (Å²) in [4.78, 5) is 0. The summed E-state index contributed by atoms with van der Waals surface area (Å²) in [6, 6.07) is 0.674. The second-order valence-corrected chi connectivity index (χ2v) is 4.54. The summed E-state index contributed by atoms with van der Waals surface area (Å²) < 4.78 is 7.98. The molecular weight excluding hydrogens is 190 g/mol. The Balaban J connectivity index is 1.87. The molecule has 82 valence electrons. The Morgan fingerprint density at radius 1 is 1.47 bits per heavy atom. The average molecular weight is 207 g/mol. The highest BCUT2D eigenvalue weighted by Crippen LogP contribution is 2.39. The Bertz CT molecular complexity index is 345. The van der Waals surface area contributed by atoms with Gasteiger partial charge in [0.1, 0.15) is 12.2 Å². The maximum Gasteiger partial charge on any atom is 0.138 e. The van der Waals surface area contributed by atoms with Gasteiger partial charge in [-0.2, -0.15) is 0 Å². The predicted molar refractivity (Wildman–Crippen MR) is 55.7 cm³/mol. The molecule has 2 aliphatic rings. The highest BCUT2D eigenvalue weighted by atomic mass is 16.5. The van der Waals surface area contributed by atoms with E-state index in [1.807, 2.05) is 6.33 Å². The highest BCUT2D eigenvalue weighted by molar-refractivity contribution is 5.05. The normalized spacial score (nSPS) is 31.0. The van der Waals surface area contributed by atoms with Crippen LogP contribution in [0.1, 0.15) is 50.4 Å². The van der Waals surface area contributed by atoms with Gasteiger partial charge >= 0.3 is 0 Å². The molecule has 1 saturated carbocycles. The zero-order chi connectivity index (χ0) is 10.3. The van der Waals surface area contributed by atoms with Crippen LogP contribution in [0.3, 0.4) is 0 Å². The van der Waals surface area contributed by atoms with Crippen molar-refractivity contribution in [3.8, 4) is 0 Å². The molecule has 0 aromatic carbocycles. The first-order valence-electron chi connectivity index (χ1n) is 5.91. The van der Waals surface area contributed by atoms with Gasteiger partial charge in [0.2, 0.25) is 0 Å². The smallest absolute Gasteiger partial charge is 0.138 e. The topological polar surface area (TPSA) is 39.9 Å². The molecule has 4 heteroatoms. The van der Waals surface area contributed by atoms with Gasteiger partial charge in [0.15, 0.2) is 0 Å². The fourth-order valence-corrected chi connectivity index (χ4v) is 2.50. The van der Waals surface area contributed by atoms with E-state index in [-0.39, 0.29) is 0 Å². The first-order chi connectivity index (χ1) is 7.40. The van der Waals surface area contributed by atoms with Gasteiger partial charge in [-0.25, -0.2) is 0 Å². The zero-order valence-electron chi connectivity index (χ0n) is 9.09. The lowest BCUT2D eigenvalue weighted by molar-refractivity contribution is 0.0988. The predicted octanol–water partition coefficient (Wildman–Crippen LogP) is 1.90. The van der Waals surface area contributed by atoms with Gasteiger partial charge in [0.25, 0.3) is 0 Å². The molecule has 2 atom stereocenters. The highest BCUT2D eigenvalue weighted by Gasteiger charge is 2.35. The van der Waals surface area contributed by atoms with Gasteiger partial charge in [-0.15, -0.1) is 10.2 Å². The van der Waals surface area contributed by atoms with Crippen LogP contribution in [0, 0.1) is 0 Å². The average Bonchev–Trinajstić information content (AvgIpc) is 2.83. The Hall–Kier alpha value is -0.900. The summed E-state index contributed by atoms with van der Waals surface area (Å²) in [5.74, 6) is 1.62. The van der Waals surface area contributed by atoms with Gasteiger partial charge in [0.05, 0.1) is 6.10 Å². The first kappa shape index (κ1) is 9.33. The molecule has 0 amide bonds. The Morgan fingerprint density at radius 3 is 3.07 bits per heavy atom. The molecule has 0 bridgehead atoms. The fraction of sp³-hybridized carbons (Fsp3) is 0.818. The van der Waals surface area contributed by atoms with E-state index in [2.05, 4.69) is 21.7 Å². The fourth-order valence-electron chi connectivity index (χ4n) is 2.50. The van der Waals surface area contributed by atoms with Crippen molar-refractivity contribution in [2.75, 3.05) is 6.61 Å². The van der Waals surface area contributed by atoms with E-state index in [0.717, 1.165) is 25.3 Å². The van der Waals surface area contributed by atoms with Crippen LogP contribution in [0.25, 0.3) is 0 Å². The number of hydrogen-bond donors (Lipinski definition) is 0. The Morgan fingerprint density at radius 2 is 2.33 bits per heavy atom. The van der Waals surface area contributed by atoms with Crippen molar-refractivity contribution in [2.24, 2.45) is 0 Å². The first-order valence-corrected chi connectivity index (χ1v) is 5.91. The Labute approximate surface area is 89.6 Å². The largest absolute Gasteiger partial charge is 0.377 e. The third kappa shape index (κ3) is 1.57. The van der Waals surface area contributed by atoms with Gasteiger partial charge in [0, 0.05) is 18.6 Å². The number of ether oxygens (including phenoxy) is 1. The van der Waals surface area contributed by atoms with Crippen LogP contribution in [-0.4, -0.2) is 27.5 Å². The number of hydrogen-bond acceptors (Lipinski definition) is 3. The van der Waals surface area contributed by atoms with Crippen molar-refractivity contribution in [1.82, 2.24) is 14.8 Å². The van der Waals surface area contributed by atoms with Crippen LogP contribution in [0.15, 0.2) is 6.33 Å². The molecule has 2 heterocycles. The van der Waals surface area contributed by atoms with Crippen molar-refractivity contribution in [3.05, 3.63) is 12.2 Å². The lowest BCUT2D eigenvalue weighted by atomic mass is 9.99. The van der Waals surface area contributed by atoms with Gasteiger partial charge in [-0.05, 0) is 25.7 Å². The Kier molecular flexibility index (Phi) is 2.24. The maximum absolute atomic E-state index is 5.71. The van der Waals surface area contributed by atoms with E-state index >= 15 is 0 Å². The van der Waals surface area contributed by atoms with Gasteiger partial charge in [-0.3, -0.25) is 0 Å². The van der Waals surface area contributed by atoms with Gasteiger partial charge in [-0.1, -0.05) is 6.92 Å². The monoisotopic (exact) mass is 207 g/mol. The molecule has 0 N–H and O–H groups in total. The molecule has 1 aromatic rings. The summed E-state index contributed by atoms with van der Waals surface area (Å²) in [6.07, 6.45) is 6.99. The molecule has 0 spiro atoms. The van der Waals surface area contributed by atoms with E-state index in [0.29, 0.717) is 18.1 Å². The third-order valence-electron chi connectivity index (χ3n) is 3.48. The van der Waals surface area contributed by atoms with E-state index < -0.39 is 0 Å². The molecule has 1 aromatic heterocycles. The molecule has 2 unspecified atom stereocenters. The van der Waals surface area contributed by atoms with Crippen LogP contribution in [0.4, 0.5) is 0 Å². The molecule has 4 nitrogen and oxygen atoms in total. The van der Waals surface area contributed by atoms with Crippen LogP contribution in [0.5, 0.6) is 0 Å². The molecule has 1 aliphatic carbocycles. The maximum atomic E-state index is 5.71. The second-order valence-electron chi connectivity index (χ2n) is 4.54. The van der Waals surface area contributed by atoms with Crippen molar-refractivity contribution in [3.63, 3.8) is 0 Å².